The van der Waals surface area contributed by atoms with Gasteiger partial charge >= 0.3 is 0 Å². The van der Waals surface area contributed by atoms with Crippen molar-refractivity contribution in [1.82, 2.24) is 10.2 Å². The summed E-state index contributed by atoms with van der Waals surface area (Å²) >= 11 is 0. The molecular formula is C20H31FN4O. The van der Waals surface area contributed by atoms with Gasteiger partial charge in [0.2, 0.25) is 5.91 Å². The van der Waals surface area contributed by atoms with Gasteiger partial charge in [0.25, 0.3) is 0 Å². The van der Waals surface area contributed by atoms with Crippen molar-refractivity contribution in [2.45, 2.75) is 44.7 Å². The van der Waals surface area contributed by atoms with E-state index < -0.39 is 0 Å². The van der Waals surface area contributed by atoms with Gasteiger partial charge in [-0.15, -0.1) is 0 Å². The third-order valence-electron chi connectivity index (χ3n) is 5.84. The molecule has 1 aliphatic heterocycles. The molecule has 0 aromatic heterocycles. The van der Waals surface area contributed by atoms with Gasteiger partial charge in [0.05, 0.1) is 6.04 Å². The third-order valence-corrected chi connectivity index (χ3v) is 5.84. The van der Waals surface area contributed by atoms with E-state index in [-0.39, 0.29) is 29.7 Å². The molecule has 0 spiro atoms. The standard InChI is InChI=1S/C20H31FN4O/c1-14(23-20(26)12-15-4-3-5-18(15)22)17-13-16(21)6-7-19(17)25-10-8-24(2)9-11-25/h6-7,13-15,18H,3-5,8-12,22H2,1-2H3,(H,23,26)/t14?,15-,18+/m0/s1. The molecule has 1 heterocycles. The Morgan fingerprint density at radius 1 is 1.31 bits per heavy atom. The SMILES string of the molecule is CC(NC(=O)C[C@@H]1CCC[C@H]1N)c1cc(F)ccc1N1CCN(C)CC1. The Balaban J connectivity index is 1.68. The zero-order valence-corrected chi connectivity index (χ0v) is 15.9. The van der Waals surface area contributed by atoms with E-state index in [4.69, 9.17) is 5.73 Å². The molecule has 1 aromatic carbocycles. The summed E-state index contributed by atoms with van der Waals surface area (Å²) < 4.78 is 13.9. The van der Waals surface area contributed by atoms with Crippen molar-refractivity contribution in [3.05, 3.63) is 29.6 Å². The van der Waals surface area contributed by atoms with E-state index in [1.807, 2.05) is 13.0 Å². The Labute approximate surface area is 155 Å². The number of carbonyl (C=O) groups excluding carboxylic acids is 1. The summed E-state index contributed by atoms with van der Waals surface area (Å²) in [5, 5.41) is 3.06. The van der Waals surface area contributed by atoms with Crippen LogP contribution >= 0.6 is 0 Å². The van der Waals surface area contributed by atoms with Gasteiger partial charge in [-0.3, -0.25) is 4.79 Å². The lowest BCUT2D eigenvalue weighted by Gasteiger charge is -2.36. The number of nitrogens with one attached hydrogen (secondary N) is 1. The van der Waals surface area contributed by atoms with Crippen molar-refractivity contribution < 1.29 is 9.18 Å². The van der Waals surface area contributed by atoms with Crippen molar-refractivity contribution in [3.8, 4) is 0 Å². The largest absolute Gasteiger partial charge is 0.369 e. The second kappa shape index (κ2) is 8.35. The summed E-state index contributed by atoms with van der Waals surface area (Å²) in [5.74, 6) is 0.0111. The van der Waals surface area contributed by atoms with E-state index in [2.05, 4.69) is 22.2 Å². The van der Waals surface area contributed by atoms with E-state index in [0.29, 0.717) is 6.42 Å². The number of benzene rings is 1. The fraction of sp³-hybridized carbons (Fsp3) is 0.650. The highest BCUT2D eigenvalue weighted by Crippen LogP contribution is 2.30. The Kier molecular flexibility index (Phi) is 6.14. The number of carbonyl (C=O) groups is 1. The third kappa shape index (κ3) is 4.54. The number of rotatable bonds is 5. The quantitative estimate of drug-likeness (QED) is 0.844. The number of nitrogens with zero attached hydrogens (tertiary/aromatic N) is 2. The molecule has 26 heavy (non-hydrogen) atoms. The molecule has 6 heteroatoms. The molecule has 2 fully saturated rings. The maximum absolute atomic E-state index is 13.9. The van der Waals surface area contributed by atoms with E-state index in [9.17, 15) is 9.18 Å². The minimum absolute atomic E-state index is 0.00781. The van der Waals surface area contributed by atoms with E-state index in [0.717, 1.165) is 56.7 Å². The van der Waals surface area contributed by atoms with Crippen molar-refractivity contribution in [2.24, 2.45) is 11.7 Å². The molecule has 3 N–H and O–H groups in total. The lowest BCUT2D eigenvalue weighted by atomic mass is 9.99. The molecule has 1 saturated heterocycles. The van der Waals surface area contributed by atoms with Crippen molar-refractivity contribution in [3.63, 3.8) is 0 Å². The molecule has 5 nitrogen and oxygen atoms in total. The van der Waals surface area contributed by atoms with Crippen LogP contribution in [0.25, 0.3) is 0 Å². The normalized spacial score (nSPS) is 25.3. The minimum atomic E-state index is -0.267. The lowest BCUT2D eigenvalue weighted by Crippen LogP contribution is -2.45. The number of nitrogens with two attached hydrogens (primary N) is 1. The zero-order valence-electron chi connectivity index (χ0n) is 15.9. The topological polar surface area (TPSA) is 61.6 Å². The fourth-order valence-corrected chi connectivity index (χ4v) is 4.14. The van der Waals surface area contributed by atoms with Gasteiger partial charge in [-0.05, 0) is 50.9 Å². The number of piperazine rings is 1. The van der Waals surface area contributed by atoms with Crippen molar-refractivity contribution >= 4 is 11.6 Å². The molecule has 1 aliphatic carbocycles. The molecule has 3 rings (SSSR count). The summed E-state index contributed by atoms with van der Waals surface area (Å²) in [4.78, 5) is 17.0. The van der Waals surface area contributed by atoms with Crippen molar-refractivity contribution in [2.75, 3.05) is 38.1 Å². The highest BCUT2D eigenvalue weighted by Gasteiger charge is 2.27. The van der Waals surface area contributed by atoms with E-state index in [1.54, 1.807) is 6.07 Å². The molecule has 1 saturated carbocycles. The van der Waals surface area contributed by atoms with Gasteiger partial charge in [-0.1, -0.05) is 6.42 Å². The first-order valence-corrected chi connectivity index (χ1v) is 9.72. The van der Waals surface area contributed by atoms with Crippen LogP contribution in [0.4, 0.5) is 10.1 Å². The smallest absolute Gasteiger partial charge is 0.220 e. The Hall–Kier alpha value is -1.66. The van der Waals surface area contributed by atoms with Crippen LogP contribution in [-0.4, -0.2) is 50.1 Å². The van der Waals surface area contributed by atoms with Gasteiger partial charge in [0.15, 0.2) is 0 Å². The maximum Gasteiger partial charge on any atom is 0.220 e. The van der Waals surface area contributed by atoms with Crippen LogP contribution in [0, 0.1) is 11.7 Å². The number of hydrogen-bond donors (Lipinski definition) is 2. The predicted octanol–water partition coefficient (Wildman–Crippen LogP) is 2.27. The summed E-state index contributed by atoms with van der Waals surface area (Å²) in [7, 11) is 2.11. The molecule has 144 valence electrons. The average molecular weight is 362 g/mol. The molecule has 1 aromatic rings. The van der Waals surface area contributed by atoms with Crippen LogP contribution in [-0.2, 0) is 4.79 Å². The number of anilines is 1. The minimum Gasteiger partial charge on any atom is -0.369 e. The number of hydrogen-bond acceptors (Lipinski definition) is 4. The molecular weight excluding hydrogens is 331 g/mol. The van der Waals surface area contributed by atoms with Gasteiger partial charge in [-0.2, -0.15) is 0 Å². The summed E-state index contributed by atoms with van der Waals surface area (Å²) in [6, 6.07) is 4.80. The lowest BCUT2D eigenvalue weighted by molar-refractivity contribution is -0.122. The highest BCUT2D eigenvalue weighted by molar-refractivity contribution is 5.77. The summed E-state index contributed by atoms with van der Waals surface area (Å²) in [6.07, 6.45) is 3.59. The van der Waals surface area contributed by atoms with Crippen molar-refractivity contribution in [1.29, 1.82) is 0 Å². The van der Waals surface area contributed by atoms with Gasteiger partial charge < -0.3 is 20.9 Å². The van der Waals surface area contributed by atoms with Crippen LogP contribution in [0.2, 0.25) is 0 Å². The first-order chi connectivity index (χ1) is 12.4. The fourth-order valence-electron chi connectivity index (χ4n) is 4.14. The molecule has 3 atom stereocenters. The van der Waals surface area contributed by atoms with Crippen LogP contribution in [0.15, 0.2) is 18.2 Å². The summed E-state index contributed by atoms with van der Waals surface area (Å²) in [6.45, 7) is 5.72. The molecule has 0 radical (unpaired) electrons. The van der Waals surface area contributed by atoms with E-state index in [1.165, 1.54) is 6.07 Å². The Morgan fingerprint density at radius 2 is 2.04 bits per heavy atom. The van der Waals surface area contributed by atoms with Crippen LogP contribution in [0.3, 0.4) is 0 Å². The molecule has 1 unspecified atom stereocenters. The van der Waals surface area contributed by atoms with Crippen LogP contribution in [0.5, 0.6) is 0 Å². The van der Waals surface area contributed by atoms with Gasteiger partial charge in [0, 0.05) is 49.9 Å². The highest BCUT2D eigenvalue weighted by atomic mass is 19.1. The van der Waals surface area contributed by atoms with Crippen LogP contribution in [0.1, 0.15) is 44.2 Å². The predicted molar refractivity (Wildman–Crippen MR) is 103 cm³/mol. The van der Waals surface area contributed by atoms with Crippen LogP contribution < -0.4 is 16.0 Å². The molecule has 0 bridgehead atoms. The first-order valence-electron chi connectivity index (χ1n) is 9.72. The van der Waals surface area contributed by atoms with Gasteiger partial charge in [-0.25, -0.2) is 4.39 Å². The van der Waals surface area contributed by atoms with Gasteiger partial charge in [0.1, 0.15) is 5.82 Å². The molecule has 1 amide bonds. The first kappa shape index (κ1) is 19.1. The number of halogens is 1. The Morgan fingerprint density at radius 3 is 2.69 bits per heavy atom. The molecule has 2 aliphatic rings. The average Bonchev–Trinajstić information content (AvgIpc) is 3.00. The maximum atomic E-state index is 13.9. The number of likely N-dealkylation sites (N-methyl/N-ethyl adjacent to an activating group) is 1. The summed E-state index contributed by atoms with van der Waals surface area (Å²) in [5.41, 5.74) is 7.95. The number of amides is 1. The Bertz CT molecular complexity index is 630. The second-order valence-electron chi connectivity index (χ2n) is 7.84. The second-order valence-corrected chi connectivity index (χ2v) is 7.84. The van der Waals surface area contributed by atoms with E-state index >= 15 is 0 Å². The zero-order chi connectivity index (χ0) is 18.7. The monoisotopic (exact) mass is 362 g/mol.